The molecule has 1 aliphatic carbocycles. The molecule has 0 saturated heterocycles. The Morgan fingerprint density at radius 1 is 0.926 bits per heavy atom. The van der Waals surface area contributed by atoms with Crippen molar-refractivity contribution in [3.8, 4) is 22.6 Å². The van der Waals surface area contributed by atoms with Crippen LogP contribution in [0.4, 0.5) is 0 Å². The molecule has 144 valence electrons. The summed E-state index contributed by atoms with van der Waals surface area (Å²) in [5.41, 5.74) is 5.75. The molecule has 0 heterocycles. The maximum absolute atomic E-state index is 10.9. The van der Waals surface area contributed by atoms with E-state index in [1.54, 1.807) is 14.2 Å². The highest BCUT2D eigenvalue weighted by Crippen LogP contribution is 2.49. The van der Waals surface area contributed by atoms with Crippen molar-refractivity contribution in [1.29, 1.82) is 0 Å². The molecule has 0 atom stereocenters. The van der Waals surface area contributed by atoms with E-state index in [1.807, 2.05) is 12.1 Å². The van der Waals surface area contributed by atoms with Crippen LogP contribution in [0.15, 0.2) is 35.5 Å². The van der Waals surface area contributed by atoms with E-state index in [1.165, 1.54) is 17.5 Å². The number of rotatable bonds is 5. The number of fused-ring (bicyclic) bond motifs is 1. The van der Waals surface area contributed by atoms with Gasteiger partial charge in [-0.2, -0.15) is 4.91 Å². The molecule has 1 aliphatic rings. The summed E-state index contributed by atoms with van der Waals surface area (Å²) < 4.78 is 11.3. The minimum absolute atomic E-state index is 0.0730. The Labute approximate surface area is 161 Å². The quantitative estimate of drug-likeness (QED) is 0.610. The van der Waals surface area contributed by atoms with Gasteiger partial charge in [-0.05, 0) is 52.5 Å². The minimum Gasteiger partial charge on any atom is -0.496 e. The lowest BCUT2D eigenvalue weighted by molar-refractivity contribution is 0.332. The molecule has 3 rings (SSSR count). The van der Waals surface area contributed by atoms with Crippen LogP contribution in [-0.4, -0.2) is 14.2 Å². The minimum atomic E-state index is 0.0730. The van der Waals surface area contributed by atoms with E-state index in [-0.39, 0.29) is 17.4 Å². The van der Waals surface area contributed by atoms with Gasteiger partial charge in [0.05, 0.1) is 19.8 Å². The Kier molecular flexibility index (Phi) is 5.02. The summed E-state index contributed by atoms with van der Waals surface area (Å²) in [6.45, 7) is 9.33. The van der Waals surface area contributed by atoms with Crippen LogP contribution in [0.5, 0.6) is 11.5 Å². The van der Waals surface area contributed by atoms with E-state index in [0.717, 1.165) is 28.9 Å². The normalized spacial score (nSPS) is 17.1. The Balaban J connectivity index is 2.26. The zero-order valence-electron chi connectivity index (χ0n) is 17.2. The highest BCUT2D eigenvalue weighted by atomic mass is 16.5. The fraction of sp³-hybridized carbons (Fsp3) is 0.478. The Bertz CT molecular complexity index is 868. The first kappa shape index (κ1) is 19.4. The van der Waals surface area contributed by atoms with Gasteiger partial charge in [0.15, 0.2) is 0 Å². The van der Waals surface area contributed by atoms with Crippen molar-refractivity contribution in [3.63, 3.8) is 0 Å². The standard InChI is InChI=1S/C23H29NO3/c1-22(2)11-12-23(3,4)18-13-15(7-9-17(18)22)20-19(26-5)10-8-16(14-24-25)21(20)27-6/h7-10,13H,11-12,14H2,1-6H3. The van der Waals surface area contributed by atoms with E-state index < -0.39 is 0 Å². The second-order valence-electron chi connectivity index (χ2n) is 8.65. The molecular formula is C23H29NO3. The summed E-state index contributed by atoms with van der Waals surface area (Å²) >= 11 is 0. The smallest absolute Gasteiger partial charge is 0.135 e. The van der Waals surface area contributed by atoms with E-state index >= 15 is 0 Å². The van der Waals surface area contributed by atoms with Gasteiger partial charge in [-0.3, -0.25) is 0 Å². The first-order chi connectivity index (χ1) is 12.7. The van der Waals surface area contributed by atoms with Crippen LogP contribution < -0.4 is 9.47 Å². The van der Waals surface area contributed by atoms with Crippen LogP contribution in [-0.2, 0) is 17.4 Å². The molecule has 0 saturated carbocycles. The van der Waals surface area contributed by atoms with Crippen LogP contribution in [0.3, 0.4) is 0 Å². The maximum atomic E-state index is 10.9. The summed E-state index contributed by atoms with van der Waals surface area (Å²) in [6, 6.07) is 10.4. The van der Waals surface area contributed by atoms with Gasteiger partial charge in [-0.25, -0.2) is 0 Å². The number of hydrogen-bond acceptors (Lipinski definition) is 4. The van der Waals surface area contributed by atoms with Crippen molar-refractivity contribution in [2.45, 2.75) is 57.9 Å². The van der Waals surface area contributed by atoms with E-state index in [9.17, 15) is 4.91 Å². The summed E-state index contributed by atoms with van der Waals surface area (Å²) in [7, 11) is 3.28. The molecule has 0 bridgehead atoms. The third kappa shape index (κ3) is 3.33. The van der Waals surface area contributed by atoms with E-state index in [2.05, 4.69) is 51.1 Å². The Morgan fingerprint density at radius 3 is 2.19 bits per heavy atom. The number of nitrogens with zero attached hydrogens (tertiary/aromatic N) is 1. The summed E-state index contributed by atoms with van der Waals surface area (Å²) in [5, 5.41) is 3.05. The predicted octanol–water partition coefficient (Wildman–Crippen LogP) is 5.99. The zero-order chi connectivity index (χ0) is 19.8. The number of hydrogen-bond donors (Lipinski definition) is 0. The van der Waals surface area contributed by atoms with Gasteiger partial charge in [0.2, 0.25) is 0 Å². The molecule has 0 unspecified atom stereocenters. The molecule has 0 fully saturated rings. The zero-order valence-corrected chi connectivity index (χ0v) is 17.2. The van der Waals surface area contributed by atoms with Gasteiger partial charge in [-0.1, -0.05) is 51.1 Å². The number of nitroso groups, excluding NO2 is 1. The van der Waals surface area contributed by atoms with Crippen LogP contribution in [0.25, 0.3) is 11.1 Å². The number of benzene rings is 2. The summed E-state index contributed by atoms with van der Waals surface area (Å²) in [4.78, 5) is 10.9. The van der Waals surface area contributed by atoms with Crippen molar-refractivity contribution in [2.24, 2.45) is 5.18 Å². The number of ether oxygens (including phenoxy) is 2. The van der Waals surface area contributed by atoms with Crippen LogP contribution in [0, 0.1) is 4.91 Å². The van der Waals surface area contributed by atoms with Crippen molar-refractivity contribution in [3.05, 3.63) is 51.9 Å². The van der Waals surface area contributed by atoms with Gasteiger partial charge in [0.1, 0.15) is 18.0 Å². The van der Waals surface area contributed by atoms with Gasteiger partial charge >= 0.3 is 0 Å². The third-order valence-corrected chi connectivity index (χ3v) is 6.00. The summed E-state index contributed by atoms with van der Waals surface area (Å²) in [6.07, 6.45) is 2.33. The average molecular weight is 367 g/mol. The molecule has 0 spiro atoms. The lowest BCUT2D eigenvalue weighted by Crippen LogP contribution is -2.33. The lowest BCUT2D eigenvalue weighted by atomic mass is 9.63. The third-order valence-electron chi connectivity index (χ3n) is 6.00. The first-order valence-electron chi connectivity index (χ1n) is 9.43. The van der Waals surface area contributed by atoms with Crippen LogP contribution in [0.1, 0.15) is 57.2 Å². The molecule has 0 N–H and O–H groups in total. The second-order valence-corrected chi connectivity index (χ2v) is 8.65. The predicted molar refractivity (Wildman–Crippen MR) is 110 cm³/mol. The van der Waals surface area contributed by atoms with Gasteiger partial charge in [0.25, 0.3) is 0 Å². The maximum Gasteiger partial charge on any atom is 0.135 e. The highest BCUT2D eigenvalue weighted by molar-refractivity contribution is 5.79. The van der Waals surface area contributed by atoms with Crippen molar-refractivity contribution in [1.82, 2.24) is 0 Å². The van der Waals surface area contributed by atoms with E-state index in [0.29, 0.717) is 5.75 Å². The molecule has 0 aromatic heterocycles. The molecule has 27 heavy (non-hydrogen) atoms. The lowest BCUT2D eigenvalue weighted by Gasteiger charge is -2.42. The first-order valence-corrected chi connectivity index (χ1v) is 9.43. The van der Waals surface area contributed by atoms with Crippen LogP contribution in [0.2, 0.25) is 0 Å². The largest absolute Gasteiger partial charge is 0.496 e. The molecule has 0 radical (unpaired) electrons. The topological polar surface area (TPSA) is 47.9 Å². The fourth-order valence-electron chi connectivity index (χ4n) is 4.22. The van der Waals surface area contributed by atoms with Gasteiger partial charge in [0, 0.05) is 5.56 Å². The van der Waals surface area contributed by atoms with E-state index in [4.69, 9.17) is 9.47 Å². The molecule has 2 aromatic carbocycles. The average Bonchev–Trinajstić information content (AvgIpc) is 2.65. The van der Waals surface area contributed by atoms with Crippen LogP contribution >= 0.6 is 0 Å². The van der Waals surface area contributed by atoms with Crippen molar-refractivity contribution in [2.75, 3.05) is 14.2 Å². The monoisotopic (exact) mass is 367 g/mol. The molecule has 2 aromatic rings. The molecule has 0 aliphatic heterocycles. The SMILES string of the molecule is COc1ccc(CN=O)c(OC)c1-c1ccc2c(c1)C(C)(C)CCC2(C)C. The summed E-state index contributed by atoms with van der Waals surface area (Å²) in [5.74, 6) is 1.39. The van der Waals surface area contributed by atoms with Gasteiger partial charge < -0.3 is 9.47 Å². The molecular weight excluding hydrogens is 338 g/mol. The Hall–Kier alpha value is -2.36. The Morgan fingerprint density at radius 2 is 1.59 bits per heavy atom. The number of methoxy groups -OCH3 is 2. The highest BCUT2D eigenvalue weighted by Gasteiger charge is 2.37. The molecule has 4 nitrogen and oxygen atoms in total. The van der Waals surface area contributed by atoms with Gasteiger partial charge in [-0.15, -0.1) is 0 Å². The van der Waals surface area contributed by atoms with Crippen molar-refractivity contribution < 1.29 is 9.47 Å². The fourth-order valence-corrected chi connectivity index (χ4v) is 4.22. The molecule has 0 amide bonds. The van der Waals surface area contributed by atoms with Crippen molar-refractivity contribution >= 4 is 0 Å². The second kappa shape index (κ2) is 6.99. The molecule has 4 heteroatoms.